The number of alkyl halides is 3. The van der Waals surface area contributed by atoms with Crippen LogP contribution in [0.4, 0.5) is 18.9 Å². The fourth-order valence-electron chi connectivity index (χ4n) is 4.72. The molecule has 1 aliphatic heterocycles. The SMILES string of the molecule is Cc1cn(Cc2ccccc2)c(=O)n(CCCN2CCN(c3ccc(Cl)cc3OCC(F)(F)F)CC2)c1=O.O=C(O)C=CC(=O)O. The van der Waals surface area contributed by atoms with Gasteiger partial charge >= 0.3 is 23.8 Å². The first-order chi connectivity index (χ1) is 21.7. The predicted molar refractivity (Wildman–Crippen MR) is 166 cm³/mol. The summed E-state index contributed by atoms with van der Waals surface area (Å²) >= 11 is 5.98. The average Bonchev–Trinajstić information content (AvgIpc) is 3.00. The molecule has 0 amide bonds. The predicted octanol–water partition coefficient (Wildman–Crippen LogP) is 3.89. The van der Waals surface area contributed by atoms with Crippen molar-refractivity contribution in [2.45, 2.75) is 32.6 Å². The lowest BCUT2D eigenvalue weighted by atomic mass is 10.2. The van der Waals surface area contributed by atoms with Crippen LogP contribution in [0.3, 0.4) is 0 Å². The molecule has 3 aromatic rings. The zero-order valence-electron chi connectivity index (χ0n) is 25.0. The quantitative estimate of drug-likeness (QED) is 0.293. The number of ether oxygens (including phenoxy) is 1. The number of aliphatic carboxylic acids is 2. The zero-order valence-corrected chi connectivity index (χ0v) is 25.7. The monoisotopic (exact) mass is 666 g/mol. The molecule has 0 saturated carbocycles. The third-order valence-electron chi connectivity index (χ3n) is 6.86. The van der Waals surface area contributed by atoms with Crippen LogP contribution in [0.1, 0.15) is 17.5 Å². The topological polar surface area (TPSA) is 134 Å². The van der Waals surface area contributed by atoms with Crippen LogP contribution in [0.15, 0.2) is 76.5 Å². The van der Waals surface area contributed by atoms with Gasteiger partial charge in [-0.2, -0.15) is 13.2 Å². The molecule has 2 heterocycles. The van der Waals surface area contributed by atoms with Gasteiger partial charge < -0.3 is 19.8 Å². The summed E-state index contributed by atoms with van der Waals surface area (Å²) < 4.78 is 45.9. The third kappa shape index (κ3) is 11.4. The maximum absolute atomic E-state index is 13.0. The van der Waals surface area contributed by atoms with Gasteiger partial charge in [-0.3, -0.25) is 18.8 Å². The minimum absolute atomic E-state index is 0.105. The first-order valence-corrected chi connectivity index (χ1v) is 14.6. The second-order valence-electron chi connectivity index (χ2n) is 10.4. The van der Waals surface area contributed by atoms with Gasteiger partial charge in [0, 0.05) is 67.7 Å². The maximum Gasteiger partial charge on any atom is 0.422 e. The number of nitrogens with zero attached hydrogens (tertiary/aromatic N) is 4. The molecule has 4 rings (SSSR count). The molecule has 0 spiro atoms. The van der Waals surface area contributed by atoms with Crippen molar-refractivity contribution in [3.8, 4) is 5.75 Å². The van der Waals surface area contributed by atoms with Crippen molar-refractivity contribution in [2.75, 3.05) is 44.2 Å². The molecule has 1 aliphatic rings. The Morgan fingerprint density at radius 1 is 0.957 bits per heavy atom. The fraction of sp³-hybridized carbons (Fsp3) is 0.355. The summed E-state index contributed by atoms with van der Waals surface area (Å²) in [6.07, 6.45) is -1.10. The average molecular weight is 667 g/mol. The molecule has 2 aromatic carbocycles. The summed E-state index contributed by atoms with van der Waals surface area (Å²) in [5, 5.41) is 15.9. The highest BCUT2D eigenvalue weighted by molar-refractivity contribution is 6.30. The van der Waals surface area contributed by atoms with Crippen LogP contribution >= 0.6 is 11.6 Å². The first kappa shape index (κ1) is 35.9. The Hall–Kier alpha value is -4.56. The number of aromatic nitrogens is 2. The second kappa shape index (κ2) is 16.7. The van der Waals surface area contributed by atoms with Crippen molar-refractivity contribution in [1.29, 1.82) is 0 Å². The van der Waals surface area contributed by atoms with Crippen LogP contribution in [-0.2, 0) is 22.7 Å². The van der Waals surface area contributed by atoms with Gasteiger partial charge in [0.05, 0.1) is 12.2 Å². The van der Waals surface area contributed by atoms with Gasteiger partial charge in [0.1, 0.15) is 5.75 Å². The minimum atomic E-state index is -4.44. The number of anilines is 1. The van der Waals surface area contributed by atoms with Crippen LogP contribution in [0.2, 0.25) is 5.02 Å². The second-order valence-corrected chi connectivity index (χ2v) is 10.8. The number of rotatable bonds is 11. The number of hydrogen-bond acceptors (Lipinski definition) is 7. The van der Waals surface area contributed by atoms with E-state index in [1.807, 2.05) is 35.2 Å². The minimum Gasteiger partial charge on any atom is -0.482 e. The Kier molecular flexibility index (Phi) is 13.0. The van der Waals surface area contributed by atoms with Crippen LogP contribution < -0.4 is 20.9 Å². The summed E-state index contributed by atoms with van der Waals surface area (Å²) in [5.41, 5.74) is 1.45. The molecule has 0 bridgehead atoms. The lowest BCUT2D eigenvalue weighted by Crippen LogP contribution is -2.47. The smallest absolute Gasteiger partial charge is 0.422 e. The standard InChI is InChI=1S/C27H30ClF3N4O3.C4H4O4/c1-20-17-34(18-21-6-3-2-4-7-21)26(37)35(25(20)36)11-5-10-32-12-14-33(15-13-32)23-9-8-22(28)16-24(23)38-19-27(29,30)31;5-3(6)1-2-4(7)8/h2-4,6-9,16-17H,5,10-15,18-19H2,1H3;1-2H,(H,5,6)(H,7,8). The summed E-state index contributed by atoms with van der Waals surface area (Å²) in [4.78, 5) is 49.0. The highest BCUT2D eigenvalue weighted by Gasteiger charge is 2.29. The van der Waals surface area contributed by atoms with E-state index < -0.39 is 24.7 Å². The molecule has 46 heavy (non-hydrogen) atoms. The van der Waals surface area contributed by atoms with E-state index in [1.165, 1.54) is 10.6 Å². The van der Waals surface area contributed by atoms with E-state index in [-0.39, 0.29) is 17.0 Å². The van der Waals surface area contributed by atoms with E-state index in [4.69, 9.17) is 26.6 Å². The van der Waals surface area contributed by atoms with Crippen molar-refractivity contribution in [1.82, 2.24) is 14.0 Å². The highest BCUT2D eigenvalue weighted by Crippen LogP contribution is 2.33. The summed E-state index contributed by atoms with van der Waals surface area (Å²) in [7, 11) is 0. The lowest BCUT2D eigenvalue weighted by Gasteiger charge is -2.36. The molecule has 15 heteroatoms. The Labute approximate surface area is 267 Å². The van der Waals surface area contributed by atoms with E-state index in [9.17, 15) is 32.3 Å². The Balaban J connectivity index is 0.000000637. The van der Waals surface area contributed by atoms with Crippen LogP contribution in [0, 0.1) is 6.92 Å². The van der Waals surface area contributed by atoms with Crippen LogP contribution in [0.5, 0.6) is 5.75 Å². The van der Waals surface area contributed by atoms with Gasteiger partial charge in [0.2, 0.25) is 0 Å². The largest absolute Gasteiger partial charge is 0.482 e. The van der Waals surface area contributed by atoms with E-state index in [2.05, 4.69) is 4.90 Å². The molecule has 11 nitrogen and oxygen atoms in total. The molecule has 1 fully saturated rings. The number of carbonyl (C=O) groups is 2. The van der Waals surface area contributed by atoms with Crippen molar-refractivity contribution in [2.24, 2.45) is 0 Å². The van der Waals surface area contributed by atoms with Crippen molar-refractivity contribution >= 4 is 29.2 Å². The molecular weight excluding hydrogens is 633 g/mol. The Morgan fingerprint density at radius 3 is 2.17 bits per heavy atom. The number of hydrogen-bond donors (Lipinski definition) is 2. The lowest BCUT2D eigenvalue weighted by molar-refractivity contribution is -0.153. The fourth-order valence-corrected chi connectivity index (χ4v) is 4.88. The van der Waals surface area contributed by atoms with E-state index in [0.717, 1.165) is 5.56 Å². The normalized spacial score (nSPS) is 13.7. The highest BCUT2D eigenvalue weighted by atomic mass is 35.5. The Bertz CT molecular complexity index is 1620. The number of carboxylic acid groups (broad SMARTS) is 2. The summed E-state index contributed by atoms with van der Waals surface area (Å²) in [5.74, 6) is -2.41. The van der Waals surface area contributed by atoms with Crippen LogP contribution in [-0.4, -0.2) is 81.7 Å². The summed E-state index contributed by atoms with van der Waals surface area (Å²) in [6.45, 7) is 4.27. The maximum atomic E-state index is 13.0. The van der Waals surface area contributed by atoms with Gasteiger partial charge in [0.15, 0.2) is 6.61 Å². The molecule has 1 saturated heterocycles. The zero-order chi connectivity index (χ0) is 33.9. The van der Waals surface area contributed by atoms with Gasteiger partial charge in [-0.15, -0.1) is 0 Å². The number of halogens is 4. The van der Waals surface area contributed by atoms with E-state index >= 15 is 0 Å². The summed E-state index contributed by atoms with van der Waals surface area (Å²) in [6, 6.07) is 14.3. The van der Waals surface area contributed by atoms with Gasteiger partial charge in [-0.05, 0) is 37.6 Å². The Morgan fingerprint density at radius 2 is 1.59 bits per heavy atom. The van der Waals surface area contributed by atoms with E-state index in [0.29, 0.717) is 80.7 Å². The number of carboxylic acids is 2. The van der Waals surface area contributed by atoms with Crippen molar-refractivity contribution < 1.29 is 37.7 Å². The third-order valence-corrected chi connectivity index (χ3v) is 7.09. The van der Waals surface area contributed by atoms with E-state index in [1.54, 1.807) is 29.8 Å². The molecule has 0 unspecified atom stereocenters. The van der Waals surface area contributed by atoms with Gasteiger partial charge in [-0.1, -0.05) is 41.9 Å². The molecule has 0 atom stereocenters. The molecule has 1 aromatic heterocycles. The van der Waals surface area contributed by atoms with Crippen molar-refractivity contribution in [3.63, 3.8) is 0 Å². The van der Waals surface area contributed by atoms with Crippen molar-refractivity contribution in [3.05, 3.63) is 104 Å². The first-order valence-electron chi connectivity index (χ1n) is 14.2. The molecule has 0 aliphatic carbocycles. The molecular formula is C31H34ClF3N4O7. The number of piperazine rings is 1. The molecule has 2 N–H and O–H groups in total. The van der Waals surface area contributed by atoms with Gasteiger partial charge in [-0.25, -0.2) is 14.4 Å². The van der Waals surface area contributed by atoms with Gasteiger partial charge in [0.25, 0.3) is 5.56 Å². The number of benzene rings is 2. The molecule has 248 valence electrons. The van der Waals surface area contributed by atoms with Crippen LogP contribution in [0.25, 0.3) is 0 Å². The molecule has 0 radical (unpaired) electrons. The number of aryl methyl sites for hydroxylation is 1.